The largest absolute Gasteiger partial charge is 0.357 e. The fourth-order valence-electron chi connectivity index (χ4n) is 3.69. The summed E-state index contributed by atoms with van der Waals surface area (Å²) in [6.07, 6.45) is 12.0. The number of hydrogen-bond donors (Lipinski definition) is 2. The fourth-order valence-corrected chi connectivity index (χ4v) is 3.69. The number of rotatable bonds is 7. The van der Waals surface area contributed by atoms with Crippen LogP contribution < -0.4 is 10.6 Å². The van der Waals surface area contributed by atoms with Crippen molar-refractivity contribution in [1.82, 2.24) is 15.5 Å². The van der Waals surface area contributed by atoms with Crippen molar-refractivity contribution < 1.29 is 0 Å². The summed E-state index contributed by atoms with van der Waals surface area (Å²) in [5.41, 5.74) is 0. The van der Waals surface area contributed by atoms with Crippen LogP contribution in [0.3, 0.4) is 0 Å². The zero-order chi connectivity index (χ0) is 15.6. The van der Waals surface area contributed by atoms with Gasteiger partial charge in [0.25, 0.3) is 0 Å². The van der Waals surface area contributed by atoms with E-state index in [1.807, 2.05) is 0 Å². The molecule has 1 heterocycles. The average Bonchev–Trinajstić information content (AvgIpc) is 3.02. The molecule has 0 spiro atoms. The van der Waals surface area contributed by atoms with E-state index in [1.165, 1.54) is 70.9 Å². The molecule has 1 aliphatic heterocycles. The quantitative estimate of drug-likeness (QED) is 0.276. The molecule has 1 saturated carbocycles. The third kappa shape index (κ3) is 8.05. The minimum atomic E-state index is 0. The Hall–Kier alpha value is -0.0400. The van der Waals surface area contributed by atoms with Crippen LogP contribution in [-0.2, 0) is 0 Å². The zero-order valence-electron chi connectivity index (χ0n) is 15.1. The van der Waals surface area contributed by atoms with Gasteiger partial charge >= 0.3 is 0 Å². The molecule has 0 aromatic heterocycles. The normalized spacial score (nSPS) is 23.6. The number of nitrogens with zero attached hydrogens (tertiary/aromatic N) is 2. The van der Waals surface area contributed by atoms with Crippen molar-refractivity contribution in [3.8, 4) is 0 Å². The zero-order valence-corrected chi connectivity index (χ0v) is 17.5. The maximum absolute atomic E-state index is 4.75. The number of guanidine groups is 1. The topological polar surface area (TPSA) is 39.7 Å². The summed E-state index contributed by atoms with van der Waals surface area (Å²) in [6.45, 7) is 8.98. The van der Waals surface area contributed by atoms with Gasteiger partial charge in [-0.25, -0.2) is 0 Å². The Morgan fingerprint density at radius 3 is 2.52 bits per heavy atom. The first kappa shape index (κ1) is 21.0. The van der Waals surface area contributed by atoms with Gasteiger partial charge < -0.3 is 15.5 Å². The van der Waals surface area contributed by atoms with Crippen LogP contribution in [0, 0.1) is 0 Å². The van der Waals surface area contributed by atoms with Crippen LogP contribution in [0.5, 0.6) is 0 Å². The van der Waals surface area contributed by atoms with Crippen molar-refractivity contribution in [3.05, 3.63) is 0 Å². The van der Waals surface area contributed by atoms with E-state index in [0.717, 1.165) is 25.1 Å². The lowest BCUT2D eigenvalue weighted by molar-refractivity contribution is 0.158. The first-order chi connectivity index (χ1) is 10.8. The lowest BCUT2D eigenvalue weighted by Crippen LogP contribution is -2.42. The second kappa shape index (κ2) is 12.3. The molecule has 1 unspecified atom stereocenters. The number of unbranched alkanes of at least 4 members (excludes halogenated alkanes) is 1. The highest BCUT2D eigenvalue weighted by Crippen LogP contribution is 2.18. The molecule has 1 saturated heterocycles. The third-order valence-electron chi connectivity index (χ3n) is 5.10. The summed E-state index contributed by atoms with van der Waals surface area (Å²) in [5, 5.41) is 6.98. The number of halogens is 1. The second-order valence-corrected chi connectivity index (χ2v) is 6.97. The maximum Gasteiger partial charge on any atom is 0.191 e. The molecule has 136 valence electrons. The van der Waals surface area contributed by atoms with Gasteiger partial charge in [0, 0.05) is 25.2 Å². The monoisotopic (exact) mass is 436 g/mol. The van der Waals surface area contributed by atoms with Gasteiger partial charge in [-0.2, -0.15) is 0 Å². The van der Waals surface area contributed by atoms with Crippen LogP contribution >= 0.6 is 24.0 Å². The molecule has 1 aliphatic carbocycles. The third-order valence-corrected chi connectivity index (χ3v) is 5.10. The highest BCUT2D eigenvalue weighted by molar-refractivity contribution is 14.0. The standard InChI is InChI=1S/C18H36N4.HI/c1-3-19-18(21-17-11-4-5-12-17)20-13-7-9-15-22-14-8-6-10-16(22)2;/h16-17H,3-15H2,1-2H3,(H2,19,20,21);1H. The fraction of sp³-hybridized carbons (Fsp3) is 0.944. The van der Waals surface area contributed by atoms with E-state index in [0.29, 0.717) is 6.04 Å². The molecule has 0 radical (unpaired) electrons. The SMILES string of the molecule is CCNC(=NCCCCN1CCCCC1C)NC1CCCC1.I. The average molecular weight is 436 g/mol. The molecule has 2 rings (SSSR count). The minimum Gasteiger partial charge on any atom is -0.357 e. The Morgan fingerprint density at radius 2 is 1.83 bits per heavy atom. The van der Waals surface area contributed by atoms with E-state index < -0.39 is 0 Å². The Balaban J connectivity index is 0.00000264. The molecule has 1 atom stereocenters. The summed E-state index contributed by atoms with van der Waals surface area (Å²) in [7, 11) is 0. The summed E-state index contributed by atoms with van der Waals surface area (Å²) in [4.78, 5) is 7.42. The molecular formula is C18H37IN4. The van der Waals surface area contributed by atoms with Crippen molar-refractivity contribution >= 4 is 29.9 Å². The molecule has 0 aromatic rings. The molecule has 0 bridgehead atoms. The van der Waals surface area contributed by atoms with Crippen LogP contribution in [0.25, 0.3) is 0 Å². The van der Waals surface area contributed by atoms with Crippen molar-refractivity contribution in [2.75, 3.05) is 26.2 Å². The Morgan fingerprint density at radius 1 is 1.09 bits per heavy atom. The summed E-state index contributed by atoms with van der Waals surface area (Å²) in [6, 6.07) is 1.44. The highest BCUT2D eigenvalue weighted by atomic mass is 127. The lowest BCUT2D eigenvalue weighted by Gasteiger charge is -2.33. The number of aliphatic imine (C=N–C) groups is 1. The van der Waals surface area contributed by atoms with Crippen LogP contribution in [0.4, 0.5) is 0 Å². The number of likely N-dealkylation sites (tertiary alicyclic amines) is 1. The second-order valence-electron chi connectivity index (χ2n) is 6.97. The predicted molar refractivity (Wildman–Crippen MR) is 111 cm³/mol. The molecule has 23 heavy (non-hydrogen) atoms. The molecule has 2 aliphatic rings. The van der Waals surface area contributed by atoms with Crippen molar-refractivity contribution in [2.45, 2.75) is 83.7 Å². The van der Waals surface area contributed by atoms with Crippen molar-refractivity contribution in [3.63, 3.8) is 0 Å². The van der Waals surface area contributed by atoms with Crippen LogP contribution in [0.15, 0.2) is 4.99 Å². The van der Waals surface area contributed by atoms with Crippen molar-refractivity contribution in [1.29, 1.82) is 0 Å². The number of hydrogen-bond acceptors (Lipinski definition) is 2. The summed E-state index contributed by atoms with van der Waals surface area (Å²) in [5.74, 6) is 1.03. The van der Waals surface area contributed by atoms with Gasteiger partial charge in [-0.3, -0.25) is 4.99 Å². The summed E-state index contributed by atoms with van der Waals surface area (Å²) < 4.78 is 0. The molecule has 2 N–H and O–H groups in total. The van der Waals surface area contributed by atoms with Crippen LogP contribution in [0.1, 0.15) is 71.6 Å². The molecule has 0 amide bonds. The van der Waals surface area contributed by atoms with E-state index in [1.54, 1.807) is 0 Å². The van der Waals surface area contributed by atoms with Gasteiger partial charge in [0.2, 0.25) is 0 Å². The van der Waals surface area contributed by atoms with Crippen molar-refractivity contribution in [2.24, 2.45) is 4.99 Å². The Kier molecular flexibility index (Phi) is 11.3. The van der Waals surface area contributed by atoms with E-state index in [9.17, 15) is 0 Å². The number of nitrogens with one attached hydrogen (secondary N) is 2. The van der Waals surface area contributed by atoms with E-state index in [4.69, 9.17) is 4.99 Å². The molecule has 2 fully saturated rings. The highest BCUT2D eigenvalue weighted by Gasteiger charge is 2.17. The van der Waals surface area contributed by atoms with Gasteiger partial charge in [0.15, 0.2) is 5.96 Å². The van der Waals surface area contributed by atoms with E-state index in [2.05, 4.69) is 29.4 Å². The first-order valence-corrected chi connectivity index (χ1v) is 9.58. The van der Waals surface area contributed by atoms with Gasteiger partial charge in [0.1, 0.15) is 0 Å². The molecule has 0 aromatic carbocycles. The van der Waals surface area contributed by atoms with Gasteiger partial charge in [-0.15, -0.1) is 24.0 Å². The van der Waals surface area contributed by atoms with Crippen LogP contribution in [-0.4, -0.2) is 49.1 Å². The van der Waals surface area contributed by atoms with Crippen LogP contribution in [0.2, 0.25) is 0 Å². The predicted octanol–water partition coefficient (Wildman–Crippen LogP) is 3.76. The Bertz CT molecular complexity index is 329. The number of piperidine rings is 1. The molecular weight excluding hydrogens is 399 g/mol. The first-order valence-electron chi connectivity index (χ1n) is 9.58. The maximum atomic E-state index is 4.75. The van der Waals surface area contributed by atoms with E-state index >= 15 is 0 Å². The van der Waals surface area contributed by atoms with E-state index in [-0.39, 0.29) is 24.0 Å². The molecule has 5 heteroatoms. The van der Waals surface area contributed by atoms with Gasteiger partial charge in [0.05, 0.1) is 0 Å². The lowest BCUT2D eigenvalue weighted by atomic mass is 10.0. The van der Waals surface area contributed by atoms with Gasteiger partial charge in [-0.1, -0.05) is 19.3 Å². The molecule has 4 nitrogen and oxygen atoms in total. The smallest absolute Gasteiger partial charge is 0.191 e. The summed E-state index contributed by atoms with van der Waals surface area (Å²) >= 11 is 0. The minimum absolute atomic E-state index is 0. The van der Waals surface area contributed by atoms with Gasteiger partial charge in [-0.05, 0) is 65.5 Å². The Labute approximate surface area is 160 Å².